The number of H-pyrrole nitrogens is 1. The molecule has 0 amide bonds. The van der Waals surface area contributed by atoms with Crippen LogP contribution in [0.4, 0.5) is 0 Å². The zero-order chi connectivity index (χ0) is 11.4. The molecule has 0 saturated carbocycles. The highest BCUT2D eigenvalue weighted by atomic mass is 16.3. The largest absolute Gasteiger partial charge is 0.507 e. The van der Waals surface area contributed by atoms with E-state index in [-0.39, 0.29) is 5.75 Å². The van der Waals surface area contributed by atoms with Gasteiger partial charge in [0.15, 0.2) is 0 Å². The van der Waals surface area contributed by atoms with Crippen molar-refractivity contribution < 1.29 is 5.11 Å². The number of aromatic hydroxyl groups is 1. The minimum absolute atomic E-state index is 0.265. The van der Waals surface area contributed by atoms with E-state index in [1.54, 1.807) is 18.3 Å². The van der Waals surface area contributed by atoms with E-state index in [9.17, 15) is 5.11 Å². The molecule has 0 spiro atoms. The molecular weight excluding hydrogens is 202 g/mol. The molecule has 0 fully saturated rings. The quantitative estimate of drug-likeness (QED) is 0.729. The van der Waals surface area contributed by atoms with Crippen LogP contribution in [0.1, 0.15) is 12.0 Å². The molecule has 4 heteroatoms. The van der Waals surface area contributed by atoms with Crippen LogP contribution >= 0.6 is 0 Å². The molecule has 0 radical (unpaired) electrons. The number of nitrogens with one attached hydrogen (secondary N) is 1. The monoisotopic (exact) mass is 217 g/mol. The highest BCUT2D eigenvalue weighted by Crippen LogP contribution is 2.29. The van der Waals surface area contributed by atoms with Crippen molar-refractivity contribution >= 4 is 0 Å². The number of hydrogen-bond donors (Lipinski definition) is 3. The number of hydrogen-bond acceptors (Lipinski definition) is 3. The number of aromatic nitrogens is 2. The Hall–Kier alpha value is -1.81. The first-order valence-electron chi connectivity index (χ1n) is 5.33. The number of nitrogens with zero attached hydrogens (tertiary/aromatic N) is 1. The summed E-state index contributed by atoms with van der Waals surface area (Å²) in [7, 11) is 0. The van der Waals surface area contributed by atoms with Crippen LogP contribution in [-0.2, 0) is 6.42 Å². The Bertz CT molecular complexity index is 465. The number of aryl methyl sites for hydroxylation is 1. The number of para-hydroxylation sites is 1. The zero-order valence-corrected chi connectivity index (χ0v) is 8.98. The lowest BCUT2D eigenvalue weighted by molar-refractivity contribution is 0.477. The third kappa shape index (κ3) is 2.06. The molecule has 4 nitrogen and oxygen atoms in total. The topological polar surface area (TPSA) is 74.9 Å². The third-order valence-electron chi connectivity index (χ3n) is 2.54. The van der Waals surface area contributed by atoms with E-state index in [1.807, 2.05) is 12.1 Å². The Balaban J connectivity index is 2.33. The number of phenols is 1. The Morgan fingerprint density at radius 2 is 2.12 bits per heavy atom. The van der Waals surface area contributed by atoms with Crippen LogP contribution < -0.4 is 5.73 Å². The second kappa shape index (κ2) is 4.81. The maximum atomic E-state index is 9.76. The normalized spacial score (nSPS) is 10.6. The Kier molecular flexibility index (Phi) is 3.22. The van der Waals surface area contributed by atoms with Crippen molar-refractivity contribution in [2.75, 3.05) is 6.54 Å². The predicted molar refractivity (Wildman–Crippen MR) is 63.1 cm³/mol. The average Bonchev–Trinajstić information content (AvgIpc) is 2.75. The van der Waals surface area contributed by atoms with Crippen LogP contribution in [-0.4, -0.2) is 21.8 Å². The lowest BCUT2D eigenvalue weighted by atomic mass is 10.0. The number of nitrogens with two attached hydrogens (primary N) is 1. The SMILES string of the molecule is NCCCc1cn[nH]c1-c1ccccc1O. The van der Waals surface area contributed by atoms with Gasteiger partial charge in [-0.1, -0.05) is 12.1 Å². The summed E-state index contributed by atoms with van der Waals surface area (Å²) in [5.41, 5.74) is 8.24. The molecule has 0 unspecified atom stereocenters. The van der Waals surface area contributed by atoms with Gasteiger partial charge < -0.3 is 10.8 Å². The summed E-state index contributed by atoms with van der Waals surface area (Å²) in [6, 6.07) is 7.23. The van der Waals surface area contributed by atoms with Crippen molar-refractivity contribution in [2.24, 2.45) is 5.73 Å². The lowest BCUT2D eigenvalue weighted by Crippen LogP contribution is -2.00. The molecule has 1 heterocycles. The molecule has 2 aromatic rings. The van der Waals surface area contributed by atoms with E-state index in [0.29, 0.717) is 6.54 Å². The van der Waals surface area contributed by atoms with Gasteiger partial charge >= 0.3 is 0 Å². The van der Waals surface area contributed by atoms with Crippen molar-refractivity contribution in [3.05, 3.63) is 36.0 Å². The van der Waals surface area contributed by atoms with E-state index in [2.05, 4.69) is 10.2 Å². The van der Waals surface area contributed by atoms with Gasteiger partial charge in [-0.3, -0.25) is 5.10 Å². The van der Waals surface area contributed by atoms with E-state index < -0.39 is 0 Å². The standard InChI is InChI=1S/C12H15N3O/c13-7-3-4-9-8-14-15-12(9)10-5-1-2-6-11(10)16/h1-2,5-6,8,16H,3-4,7,13H2,(H,14,15). The Morgan fingerprint density at radius 1 is 1.31 bits per heavy atom. The first-order chi connectivity index (χ1) is 7.83. The van der Waals surface area contributed by atoms with Crippen molar-refractivity contribution in [3.63, 3.8) is 0 Å². The molecule has 0 bridgehead atoms. The molecule has 0 atom stereocenters. The molecule has 0 saturated heterocycles. The maximum absolute atomic E-state index is 9.76. The smallest absolute Gasteiger partial charge is 0.124 e. The van der Waals surface area contributed by atoms with E-state index in [4.69, 9.17) is 5.73 Å². The van der Waals surface area contributed by atoms with Crippen LogP contribution in [0.5, 0.6) is 5.75 Å². The van der Waals surface area contributed by atoms with Crippen LogP contribution in [0.3, 0.4) is 0 Å². The number of rotatable bonds is 4. The second-order valence-corrected chi connectivity index (χ2v) is 3.68. The highest BCUT2D eigenvalue weighted by molar-refractivity contribution is 5.69. The Labute approximate surface area is 94.1 Å². The average molecular weight is 217 g/mol. The first kappa shape index (κ1) is 10.7. The Morgan fingerprint density at radius 3 is 2.88 bits per heavy atom. The van der Waals surface area contributed by atoms with Crippen LogP contribution in [0.2, 0.25) is 0 Å². The summed E-state index contributed by atoms with van der Waals surface area (Å²) in [5, 5.41) is 16.7. The lowest BCUT2D eigenvalue weighted by Gasteiger charge is -2.04. The second-order valence-electron chi connectivity index (χ2n) is 3.68. The van der Waals surface area contributed by atoms with Crippen LogP contribution in [0, 0.1) is 0 Å². The molecule has 2 rings (SSSR count). The van der Waals surface area contributed by atoms with E-state index in [0.717, 1.165) is 29.7 Å². The van der Waals surface area contributed by atoms with Crippen molar-refractivity contribution in [3.8, 4) is 17.0 Å². The van der Waals surface area contributed by atoms with Gasteiger partial charge in [0.25, 0.3) is 0 Å². The fourth-order valence-electron chi connectivity index (χ4n) is 1.71. The van der Waals surface area contributed by atoms with Gasteiger partial charge in [0.05, 0.1) is 11.9 Å². The predicted octanol–water partition coefficient (Wildman–Crippen LogP) is 1.67. The summed E-state index contributed by atoms with van der Waals surface area (Å²) < 4.78 is 0. The van der Waals surface area contributed by atoms with Crippen LogP contribution in [0.25, 0.3) is 11.3 Å². The summed E-state index contributed by atoms with van der Waals surface area (Å²) in [5.74, 6) is 0.265. The molecule has 84 valence electrons. The zero-order valence-electron chi connectivity index (χ0n) is 8.98. The van der Waals surface area contributed by atoms with Gasteiger partial charge in [-0.25, -0.2) is 0 Å². The molecule has 1 aromatic carbocycles. The fourth-order valence-corrected chi connectivity index (χ4v) is 1.71. The number of phenolic OH excluding ortho intramolecular Hbond substituents is 1. The molecular formula is C12H15N3O. The van der Waals surface area contributed by atoms with Crippen LogP contribution in [0.15, 0.2) is 30.5 Å². The van der Waals surface area contributed by atoms with E-state index >= 15 is 0 Å². The van der Waals surface area contributed by atoms with Gasteiger partial charge in [0, 0.05) is 5.56 Å². The molecule has 1 aromatic heterocycles. The third-order valence-corrected chi connectivity index (χ3v) is 2.54. The summed E-state index contributed by atoms with van der Waals surface area (Å²) in [6.07, 6.45) is 3.58. The molecule has 16 heavy (non-hydrogen) atoms. The highest BCUT2D eigenvalue weighted by Gasteiger charge is 2.10. The summed E-state index contributed by atoms with van der Waals surface area (Å²) >= 11 is 0. The molecule has 4 N–H and O–H groups in total. The number of benzene rings is 1. The maximum Gasteiger partial charge on any atom is 0.124 e. The summed E-state index contributed by atoms with van der Waals surface area (Å²) in [4.78, 5) is 0. The van der Waals surface area contributed by atoms with Crippen molar-refractivity contribution in [2.45, 2.75) is 12.8 Å². The van der Waals surface area contributed by atoms with Gasteiger partial charge in [0.1, 0.15) is 5.75 Å². The summed E-state index contributed by atoms with van der Waals surface area (Å²) in [6.45, 7) is 0.658. The van der Waals surface area contributed by atoms with Gasteiger partial charge in [-0.05, 0) is 37.1 Å². The minimum Gasteiger partial charge on any atom is -0.507 e. The molecule has 0 aliphatic rings. The fraction of sp³-hybridized carbons (Fsp3) is 0.250. The van der Waals surface area contributed by atoms with Gasteiger partial charge in [-0.15, -0.1) is 0 Å². The first-order valence-corrected chi connectivity index (χ1v) is 5.33. The number of aromatic amines is 1. The van der Waals surface area contributed by atoms with Crippen molar-refractivity contribution in [1.29, 1.82) is 0 Å². The molecule has 0 aliphatic heterocycles. The van der Waals surface area contributed by atoms with E-state index in [1.165, 1.54) is 0 Å². The molecule has 0 aliphatic carbocycles. The van der Waals surface area contributed by atoms with Crippen molar-refractivity contribution in [1.82, 2.24) is 10.2 Å². The van der Waals surface area contributed by atoms with Gasteiger partial charge in [-0.2, -0.15) is 5.10 Å². The minimum atomic E-state index is 0.265. The van der Waals surface area contributed by atoms with Gasteiger partial charge in [0.2, 0.25) is 0 Å².